The lowest BCUT2D eigenvalue weighted by Crippen LogP contribution is -2.52. The summed E-state index contributed by atoms with van der Waals surface area (Å²) >= 11 is 0. The van der Waals surface area contributed by atoms with E-state index in [9.17, 15) is 9.59 Å². The zero-order valence-electron chi connectivity index (χ0n) is 28.4. The van der Waals surface area contributed by atoms with Crippen molar-refractivity contribution in [2.45, 2.75) is 52.4 Å². The molecule has 8 rings (SSSR count). The number of piperazine rings is 1. The first-order valence-corrected chi connectivity index (χ1v) is 18.3. The van der Waals surface area contributed by atoms with Crippen LogP contribution < -0.4 is 14.7 Å². The van der Waals surface area contributed by atoms with Crippen LogP contribution in [0.5, 0.6) is 0 Å². The highest BCUT2D eigenvalue weighted by Gasteiger charge is 2.59. The quantitative estimate of drug-likeness (QED) is 0.456. The Morgan fingerprint density at radius 3 is 2.19 bits per heavy atom. The van der Waals surface area contributed by atoms with Crippen LogP contribution in [-0.2, 0) is 19.1 Å². The van der Waals surface area contributed by atoms with E-state index in [1.807, 2.05) is 6.08 Å². The van der Waals surface area contributed by atoms with Gasteiger partial charge in [-0.25, -0.2) is 0 Å². The maximum atomic E-state index is 14.1. The van der Waals surface area contributed by atoms with E-state index in [-0.39, 0.29) is 22.5 Å². The molecule has 4 heterocycles. The molecule has 0 bridgehead atoms. The molecular formula is C37H52N6O4. The SMILES string of the molecule is C[C@]12CC[C@H]3[C@@H](CCC4=CC(=O)C=C[C@@]43C)[C@@H]1CC[C@@H]2C(=O)CN1CCN(c2cc(N3CCOCC3)nc(N3CCOCC3)n2)CC1. The second kappa shape index (κ2) is 12.6. The molecule has 0 N–H and O–H groups in total. The van der Waals surface area contributed by atoms with E-state index in [4.69, 9.17) is 19.4 Å². The zero-order valence-corrected chi connectivity index (χ0v) is 28.4. The maximum Gasteiger partial charge on any atom is 0.229 e. The zero-order chi connectivity index (χ0) is 32.2. The van der Waals surface area contributed by atoms with Crippen molar-refractivity contribution in [3.8, 4) is 0 Å². The number of aromatic nitrogens is 2. The number of ketones is 2. The second-order valence-corrected chi connectivity index (χ2v) is 15.6. The Kier molecular flexibility index (Phi) is 8.41. The molecule has 3 aliphatic heterocycles. The maximum absolute atomic E-state index is 14.1. The summed E-state index contributed by atoms with van der Waals surface area (Å²) in [5.74, 6) is 5.35. The highest BCUT2D eigenvalue weighted by atomic mass is 16.5. The van der Waals surface area contributed by atoms with Gasteiger partial charge in [-0.3, -0.25) is 14.5 Å². The highest BCUT2D eigenvalue weighted by Crippen LogP contribution is 2.66. The molecule has 254 valence electrons. The summed E-state index contributed by atoms with van der Waals surface area (Å²) < 4.78 is 11.2. The molecule has 7 aliphatic rings. The van der Waals surface area contributed by atoms with Crippen LogP contribution in [0.1, 0.15) is 52.4 Å². The Morgan fingerprint density at radius 2 is 1.49 bits per heavy atom. The fourth-order valence-electron chi connectivity index (χ4n) is 10.6. The molecular weight excluding hydrogens is 592 g/mol. The Balaban J connectivity index is 0.915. The molecule has 10 nitrogen and oxygen atoms in total. The molecule has 0 unspecified atom stereocenters. The molecule has 0 amide bonds. The first-order valence-electron chi connectivity index (χ1n) is 18.3. The van der Waals surface area contributed by atoms with Crippen molar-refractivity contribution in [1.29, 1.82) is 0 Å². The largest absolute Gasteiger partial charge is 0.378 e. The van der Waals surface area contributed by atoms with Crippen molar-refractivity contribution in [3.63, 3.8) is 0 Å². The minimum absolute atomic E-state index is 0.00944. The number of allylic oxidation sites excluding steroid dienone is 4. The fraction of sp³-hybridized carbons (Fsp3) is 0.730. The summed E-state index contributed by atoms with van der Waals surface area (Å²) in [7, 11) is 0. The predicted molar refractivity (Wildman–Crippen MR) is 182 cm³/mol. The van der Waals surface area contributed by atoms with Crippen LogP contribution in [0.3, 0.4) is 0 Å². The average molecular weight is 645 g/mol. The molecule has 0 spiro atoms. The molecule has 6 atom stereocenters. The molecule has 1 aromatic rings. The molecule has 3 saturated heterocycles. The molecule has 6 fully saturated rings. The van der Waals surface area contributed by atoms with Gasteiger partial charge in [0, 0.05) is 69.8 Å². The third kappa shape index (κ3) is 5.72. The summed E-state index contributed by atoms with van der Waals surface area (Å²) in [5, 5.41) is 0. The number of Topliss-reactive ketones (excluding diaryl/α,β-unsaturated/α-hetero) is 1. The smallest absolute Gasteiger partial charge is 0.229 e. The number of anilines is 3. The number of ether oxygens (including phenoxy) is 2. The number of hydrogen-bond acceptors (Lipinski definition) is 10. The highest BCUT2D eigenvalue weighted by molar-refractivity contribution is 6.01. The number of carbonyl (C=O) groups is 2. The van der Waals surface area contributed by atoms with Gasteiger partial charge < -0.3 is 24.2 Å². The van der Waals surface area contributed by atoms with E-state index in [2.05, 4.69) is 45.6 Å². The van der Waals surface area contributed by atoms with Gasteiger partial charge in [0.15, 0.2) is 5.78 Å². The van der Waals surface area contributed by atoms with Crippen LogP contribution in [-0.4, -0.2) is 112 Å². The summed E-state index contributed by atoms with van der Waals surface area (Å²) in [6.45, 7) is 15.0. The van der Waals surface area contributed by atoms with Gasteiger partial charge in [-0.2, -0.15) is 9.97 Å². The molecule has 0 aromatic carbocycles. The minimum Gasteiger partial charge on any atom is -0.378 e. The van der Waals surface area contributed by atoms with Crippen molar-refractivity contribution in [2.24, 2.45) is 34.5 Å². The average Bonchev–Trinajstić information content (AvgIpc) is 3.47. The summed E-state index contributed by atoms with van der Waals surface area (Å²) in [4.78, 5) is 45.6. The van der Waals surface area contributed by atoms with E-state index in [0.717, 1.165) is 109 Å². The van der Waals surface area contributed by atoms with Gasteiger partial charge in [0.05, 0.1) is 33.0 Å². The lowest BCUT2D eigenvalue weighted by atomic mass is 9.47. The Bertz CT molecular complexity index is 1390. The second-order valence-electron chi connectivity index (χ2n) is 15.6. The molecule has 1 aromatic heterocycles. The van der Waals surface area contributed by atoms with Gasteiger partial charge in [-0.05, 0) is 73.8 Å². The number of carbonyl (C=O) groups excluding carboxylic acids is 2. The van der Waals surface area contributed by atoms with Crippen LogP contribution in [0.4, 0.5) is 17.6 Å². The normalized spacial score (nSPS) is 36.1. The monoisotopic (exact) mass is 644 g/mol. The van der Waals surface area contributed by atoms with Gasteiger partial charge in [0.2, 0.25) is 5.95 Å². The van der Waals surface area contributed by atoms with Gasteiger partial charge in [-0.15, -0.1) is 0 Å². The molecule has 10 heteroatoms. The standard InChI is InChI=1S/C37H52N6O4/c1-36-9-7-27(44)23-26(36)3-4-28-29-5-6-31(37(29,2)10-8-30(28)36)32(45)25-40-11-13-41(14-12-40)33-24-34(42-15-19-46-20-16-42)39-35(38-33)43-17-21-47-22-18-43/h7,9,23-24,28-31H,3-6,8,10-22,25H2,1-2H3/t28-,29-,30-,31+,36-,37-/m0/s1. The van der Waals surface area contributed by atoms with Crippen LogP contribution >= 0.6 is 0 Å². The van der Waals surface area contributed by atoms with Crippen LogP contribution in [0.2, 0.25) is 0 Å². The topological polar surface area (TPSA) is 91.3 Å². The van der Waals surface area contributed by atoms with Crippen molar-refractivity contribution in [1.82, 2.24) is 14.9 Å². The van der Waals surface area contributed by atoms with E-state index in [0.29, 0.717) is 43.3 Å². The van der Waals surface area contributed by atoms with E-state index in [1.165, 1.54) is 18.4 Å². The minimum atomic E-state index is 0.00944. The Morgan fingerprint density at radius 1 is 0.830 bits per heavy atom. The summed E-state index contributed by atoms with van der Waals surface area (Å²) in [6.07, 6.45) is 12.6. The summed E-state index contributed by atoms with van der Waals surface area (Å²) in [6, 6.07) is 2.15. The van der Waals surface area contributed by atoms with Crippen molar-refractivity contribution in [3.05, 3.63) is 29.9 Å². The first-order chi connectivity index (χ1) is 22.8. The van der Waals surface area contributed by atoms with Crippen molar-refractivity contribution >= 4 is 29.2 Å². The molecule has 47 heavy (non-hydrogen) atoms. The first kappa shape index (κ1) is 31.4. The van der Waals surface area contributed by atoms with E-state index < -0.39 is 0 Å². The van der Waals surface area contributed by atoms with Crippen LogP contribution in [0.25, 0.3) is 0 Å². The van der Waals surface area contributed by atoms with Gasteiger partial charge >= 0.3 is 0 Å². The number of fused-ring (bicyclic) bond motifs is 5. The summed E-state index contributed by atoms with van der Waals surface area (Å²) in [5.41, 5.74) is 1.45. The predicted octanol–water partition coefficient (Wildman–Crippen LogP) is 3.77. The molecule has 3 saturated carbocycles. The van der Waals surface area contributed by atoms with E-state index in [1.54, 1.807) is 6.08 Å². The van der Waals surface area contributed by atoms with Crippen LogP contribution in [0.15, 0.2) is 29.9 Å². The Labute approximate surface area is 279 Å². The van der Waals surface area contributed by atoms with Crippen LogP contribution in [0, 0.1) is 34.5 Å². The van der Waals surface area contributed by atoms with Gasteiger partial charge in [-0.1, -0.05) is 25.5 Å². The van der Waals surface area contributed by atoms with Gasteiger partial charge in [0.1, 0.15) is 17.4 Å². The lowest BCUT2D eigenvalue weighted by molar-refractivity contribution is -0.130. The lowest BCUT2D eigenvalue weighted by Gasteiger charge is -2.57. The fourth-order valence-corrected chi connectivity index (χ4v) is 10.6. The number of rotatable bonds is 6. The van der Waals surface area contributed by atoms with E-state index >= 15 is 0 Å². The number of hydrogen-bond donors (Lipinski definition) is 0. The van der Waals surface area contributed by atoms with Crippen molar-refractivity contribution < 1.29 is 19.1 Å². The molecule has 4 aliphatic carbocycles. The van der Waals surface area contributed by atoms with Gasteiger partial charge in [0.25, 0.3) is 0 Å². The third-order valence-corrected chi connectivity index (χ3v) is 13.3. The third-order valence-electron chi connectivity index (χ3n) is 13.3. The number of morpholine rings is 2. The number of nitrogens with zero attached hydrogens (tertiary/aromatic N) is 6. The van der Waals surface area contributed by atoms with Crippen molar-refractivity contribution in [2.75, 3.05) is 100 Å². The Hall–Kier alpha value is -2.82. The molecule has 0 radical (unpaired) electrons.